The fraction of sp³-hybridized carbons (Fsp3) is 0.375. The Kier molecular flexibility index (Phi) is 5.29. The van der Waals surface area contributed by atoms with Crippen LogP contribution in [0.1, 0.15) is 0 Å². The largest absolute Gasteiger partial charge is 0.493 e. The molecule has 0 radical (unpaired) electrons. The zero-order valence-electron chi connectivity index (χ0n) is 18.4. The highest BCUT2D eigenvalue weighted by Gasteiger charge is 2.17. The third-order valence-electron chi connectivity index (χ3n) is 6.22. The molecule has 0 unspecified atom stereocenters. The van der Waals surface area contributed by atoms with Crippen molar-refractivity contribution < 1.29 is 9.47 Å². The average molecular weight is 420 g/mol. The second-order valence-electron chi connectivity index (χ2n) is 8.29. The van der Waals surface area contributed by atoms with E-state index in [-0.39, 0.29) is 0 Å². The van der Waals surface area contributed by atoms with E-state index in [2.05, 4.69) is 68.9 Å². The van der Waals surface area contributed by atoms with Gasteiger partial charge in [-0.2, -0.15) is 0 Å². The molecule has 31 heavy (non-hydrogen) atoms. The van der Waals surface area contributed by atoms with Gasteiger partial charge in [0.25, 0.3) is 0 Å². The Morgan fingerprint density at radius 1 is 1.06 bits per heavy atom. The Hall–Kier alpha value is -3.03. The minimum Gasteiger partial charge on any atom is -0.493 e. The molecule has 162 valence electrons. The summed E-state index contributed by atoms with van der Waals surface area (Å²) in [4.78, 5) is 12.7. The number of benzene rings is 1. The summed E-state index contributed by atoms with van der Waals surface area (Å²) in [6.07, 6.45) is 3.95. The number of H-pyrrole nitrogens is 1. The van der Waals surface area contributed by atoms with E-state index in [9.17, 15) is 0 Å². The summed E-state index contributed by atoms with van der Waals surface area (Å²) in [6.45, 7) is 5.99. The van der Waals surface area contributed by atoms with Crippen molar-refractivity contribution in [3.05, 3.63) is 42.7 Å². The zero-order chi connectivity index (χ0) is 21.4. The first-order chi connectivity index (χ1) is 15.1. The van der Waals surface area contributed by atoms with Crippen LogP contribution in [0.3, 0.4) is 0 Å². The lowest BCUT2D eigenvalue weighted by Gasteiger charge is -2.32. The Bertz CT molecular complexity index is 1170. The van der Waals surface area contributed by atoms with Gasteiger partial charge in [-0.15, -0.1) is 0 Å². The monoisotopic (exact) mass is 419 g/mol. The number of nitrogens with one attached hydrogen (secondary N) is 1. The van der Waals surface area contributed by atoms with Crippen molar-refractivity contribution in [2.24, 2.45) is 7.05 Å². The molecule has 1 N–H and O–H groups in total. The fourth-order valence-electron chi connectivity index (χ4n) is 4.34. The van der Waals surface area contributed by atoms with Crippen molar-refractivity contribution in [1.82, 2.24) is 24.3 Å². The number of fused-ring (bicyclic) bond motifs is 2. The predicted octanol–water partition coefficient (Wildman–Crippen LogP) is 3.36. The van der Waals surface area contributed by atoms with Crippen LogP contribution in [-0.2, 0) is 7.05 Å². The van der Waals surface area contributed by atoms with Gasteiger partial charge in [-0.3, -0.25) is 4.90 Å². The van der Waals surface area contributed by atoms with Crippen molar-refractivity contribution in [1.29, 1.82) is 0 Å². The van der Waals surface area contributed by atoms with E-state index >= 15 is 0 Å². The number of hydrogen-bond donors (Lipinski definition) is 1. The Balaban J connectivity index is 1.41. The van der Waals surface area contributed by atoms with Gasteiger partial charge in [-0.05, 0) is 31.3 Å². The van der Waals surface area contributed by atoms with E-state index in [4.69, 9.17) is 9.47 Å². The molecular weight excluding hydrogens is 390 g/mol. The molecule has 1 aromatic carbocycles. The topological polar surface area (TPSA) is 58.5 Å². The second-order valence-corrected chi connectivity index (χ2v) is 8.29. The van der Waals surface area contributed by atoms with Gasteiger partial charge in [0.2, 0.25) is 0 Å². The van der Waals surface area contributed by atoms with Gasteiger partial charge in [-0.1, -0.05) is 0 Å². The zero-order valence-corrected chi connectivity index (χ0v) is 18.4. The number of aromatic nitrogens is 3. The quantitative estimate of drug-likeness (QED) is 0.519. The molecule has 5 rings (SSSR count). The van der Waals surface area contributed by atoms with Gasteiger partial charge >= 0.3 is 0 Å². The van der Waals surface area contributed by atoms with Crippen molar-refractivity contribution in [3.63, 3.8) is 0 Å². The Labute approximate surface area is 182 Å². The van der Waals surface area contributed by atoms with Crippen LogP contribution < -0.4 is 9.47 Å². The Morgan fingerprint density at radius 3 is 2.68 bits per heavy atom. The third-order valence-corrected chi connectivity index (χ3v) is 6.22. The summed E-state index contributed by atoms with van der Waals surface area (Å²) < 4.78 is 14.0. The molecule has 7 heteroatoms. The number of nitrogens with zero attached hydrogens (tertiary/aromatic N) is 4. The van der Waals surface area contributed by atoms with Crippen LogP contribution in [-0.4, -0.2) is 77.8 Å². The van der Waals surface area contributed by atoms with Crippen LogP contribution in [0.4, 0.5) is 0 Å². The maximum absolute atomic E-state index is 6.17. The summed E-state index contributed by atoms with van der Waals surface area (Å²) in [6, 6.07) is 10.3. The van der Waals surface area contributed by atoms with E-state index in [1.165, 1.54) is 0 Å². The molecule has 4 heterocycles. The van der Waals surface area contributed by atoms with E-state index in [1.54, 1.807) is 13.3 Å². The summed E-state index contributed by atoms with van der Waals surface area (Å²) in [5, 5.41) is 2.22. The minimum atomic E-state index is 0.649. The normalized spacial score (nSPS) is 15.7. The van der Waals surface area contributed by atoms with Crippen LogP contribution in [0.25, 0.3) is 33.2 Å². The van der Waals surface area contributed by atoms with E-state index in [0.29, 0.717) is 6.61 Å². The second kappa shape index (κ2) is 8.24. The highest BCUT2D eigenvalue weighted by Crippen LogP contribution is 2.38. The first-order valence-electron chi connectivity index (χ1n) is 10.8. The predicted molar refractivity (Wildman–Crippen MR) is 124 cm³/mol. The SMILES string of the molecule is COc1cc2c(-c3cc4cccnc4[nH]3)cn(C)c2cc1OCCN1CCN(C)CC1. The molecular formula is C24H29N5O2. The maximum Gasteiger partial charge on any atom is 0.163 e. The molecule has 4 aromatic rings. The van der Waals surface area contributed by atoms with Gasteiger partial charge in [0.05, 0.1) is 12.6 Å². The smallest absolute Gasteiger partial charge is 0.163 e. The van der Waals surface area contributed by atoms with E-state index in [0.717, 1.165) is 77.4 Å². The summed E-state index contributed by atoms with van der Waals surface area (Å²) in [5.41, 5.74) is 4.17. The highest BCUT2D eigenvalue weighted by atomic mass is 16.5. The number of aromatic amines is 1. The Morgan fingerprint density at radius 2 is 1.90 bits per heavy atom. The van der Waals surface area contributed by atoms with Crippen molar-refractivity contribution in [2.75, 3.05) is 53.5 Å². The van der Waals surface area contributed by atoms with Gasteiger partial charge in [-0.25, -0.2) is 4.98 Å². The minimum absolute atomic E-state index is 0.649. The van der Waals surface area contributed by atoms with Crippen LogP contribution >= 0.6 is 0 Å². The molecule has 0 saturated carbocycles. The summed E-state index contributed by atoms with van der Waals surface area (Å²) >= 11 is 0. The van der Waals surface area contributed by atoms with Crippen LogP contribution in [0.2, 0.25) is 0 Å². The van der Waals surface area contributed by atoms with Crippen LogP contribution in [0.5, 0.6) is 11.5 Å². The third kappa shape index (κ3) is 3.86. The number of piperazine rings is 1. The number of hydrogen-bond acceptors (Lipinski definition) is 5. The van der Waals surface area contributed by atoms with Crippen LogP contribution in [0, 0.1) is 0 Å². The van der Waals surface area contributed by atoms with Gasteiger partial charge in [0.1, 0.15) is 12.3 Å². The van der Waals surface area contributed by atoms with Crippen molar-refractivity contribution in [3.8, 4) is 22.8 Å². The van der Waals surface area contributed by atoms with Crippen LogP contribution in [0.15, 0.2) is 42.7 Å². The first kappa shape index (κ1) is 19.9. The molecule has 1 saturated heterocycles. The number of rotatable bonds is 6. The molecule has 7 nitrogen and oxygen atoms in total. The first-order valence-corrected chi connectivity index (χ1v) is 10.8. The molecule has 0 bridgehead atoms. The lowest BCUT2D eigenvalue weighted by Crippen LogP contribution is -2.45. The molecule has 0 atom stereocenters. The highest BCUT2D eigenvalue weighted by molar-refractivity contribution is 5.99. The molecule has 3 aromatic heterocycles. The van der Waals surface area contributed by atoms with Gasteiger partial charge in [0.15, 0.2) is 11.5 Å². The number of likely N-dealkylation sites (N-methyl/N-ethyl adjacent to an activating group) is 1. The van der Waals surface area contributed by atoms with E-state index < -0.39 is 0 Å². The van der Waals surface area contributed by atoms with Gasteiger partial charge in [0, 0.05) is 80.3 Å². The number of methoxy groups -OCH3 is 1. The van der Waals surface area contributed by atoms with Crippen molar-refractivity contribution >= 4 is 21.9 Å². The molecule has 0 spiro atoms. The lowest BCUT2D eigenvalue weighted by molar-refractivity contribution is 0.133. The van der Waals surface area contributed by atoms with Crippen molar-refractivity contribution in [2.45, 2.75) is 0 Å². The molecule has 1 aliphatic heterocycles. The standard InChI is InChI=1S/C24H29N5O2/c1-27-7-9-29(10-8-27)11-12-31-23-15-21-18(14-22(23)30-3)19(16-28(21)2)20-13-17-5-4-6-25-24(17)26-20/h4-6,13-16H,7-12H2,1-3H3,(H,25,26). The van der Waals surface area contributed by atoms with E-state index in [1.807, 2.05) is 6.07 Å². The summed E-state index contributed by atoms with van der Waals surface area (Å²) in [5.74, 6) is 1.54. The number of pyridine rings is 1. The number of aryl methyl sites for hydroxylation is 1. The molecule has 1 aliphatic rings. The number of ether oxygens (including phenoxy) is 2. The lowest BCUT2D eigenvalue weighted by atomic mass is 10.1. The maximum atomic E-state index is 6.17. The summed E-state index contributed by atoms with van der Waals surface area (Å²) in [7, 11) is 5.94. The average Bonchev–Trinajstić information content (AvgIpc) is 3.35. The molecule has 0 amide bonds. The fourth-order valence-corrected chi connectivity index (χ4v) is 4.34. The molecule has 1 fully saturated rings. The molecule has 0 aliphatic carbocycles. The van der Waals surface area contributed by atoms with Gasteiger partial charge < -0.3 is 23.9 Å².